The van der Waals surface area contributed by atoms with Crippen molar-refractivity contribution in [2.45, 2.75) is 32.7 Å². The Morgan fingerprint density at radius 2 is 2.17 bits per heavy atom. The molecule has 0 aliphatic carbocycles. The highest BCUT2D eigenvalue weighted by Gasteiger charge is 2.11. The lowest BCUT2D eigenvalue weighted by atomic mass is 10.00. The fraction of sp³-hybridized carbons (Fsp3) is 0.375. The Kier molecular flexibility index (Phi) is 4.97. The van der Waals surface area contributed by atoms with E-state index in [1.807, 2.05) is 0 Å². The number of benzene rings is 1. The maximum absolute atomic E-state index is 3.65. The Bertz CT molecular complexity index is 462. The van der Waals surface area contributed by atoms with E-state index in [9.17, 15) is 0 Å². The molecular formula is C16H21NS. The number of aryl methyl sites for hydroxylation is 1. The predicted octanol–water partition coefficient (Wildman–Crippen LogP) is 4.34. The van der Waals surface area contributed by atoms with Gasteiger partial charge in [0.25, 0.3) is 0 Å². The highest BCUT2D eigenvalue weighted by atomic mass is 32.1. The first kappa shape index (κ1) is 13.3. The van der Waals surface area contributed by atoms with Gasteiger partial charge in [0, 0.05) is 6.04 Å². The van der Waals surface area contributed by atoms with E-state index >= 15 is 0 Å². The molecule has 1 aromatic carbocycles. The standard InChI is InChI=1S/C16H21NS/c1-3-8-17-16(15-7-9-18-12-15)11-14-6-4-5-13(2)10-14/h4-7,9-10,12,16-17H,3,8,11H2,1-2H3. The Morgan fingerprint density at radius 1 is 1.28 bits per heavy atom. The van der Waals surface area contributed by atoms with Crippen molar-refractivity contribution in [3.63, 3.8) is 0 Å². The zero-order chi connectivity index (χ0) is 12.8. The molecule has 0 aliphatic heterocycles. The van der Waals surface area contributed by atoms with Crippen LogP contribution in [0, 0.1) is 6.92 Å². The molecule has 2 rings (SSSR count). The smallest absolute Gasteiger partial charge is 0.0369 e. The summed E-state index contributed by atoms with van der Waals surface area (Å²) in [6, 6.07) is 11.5. The van der Waals surface area contributed by atoms with Crippen LogP contribution < -0.4 is 5.32 Å². The number of rotatable bonds is 6. The van der Waals surface area contributed by atoms with Gasteiger partial charge in [0.2, 0.25) is 0 Å². The summed E-state index contributed by atoms with van der Waals surface area (Å²) in [5.41, 5.74) is 4.16. The first-order chi connectivity index (χ1) is 8.79. The molecule has 0 aliphatic rings. The second-order valence-electron chi connectivity index (χ2n) is 4.76. The van der Waals surface area contributed by atoms with Crippen molar-refractivity contribution in [1.82, 2.24) is 5.32 Å². The molecule has 1 heterocycles. The number of hydrogen-bond acceptors (Lipinski definition) is 2. The minimum Gasteiger partial charge on any atom is -0.310 e. The molecule has 1 aromatic heterocycles. The van der Waals surface area contributed by atoms with Gasteiger partial charge < -0.3 is 5.32 Å². The van der Waals surface area contributed by atoms with Crippen LogP contribution in [0.3, 0.4) is 0 Å². The van der Waals surface area contributed by atoms with Crippen LogP contribution in [-0.4, -0.2) is 6.54 Å². The first-order valence-corrected chi connectivity index (χ1v) is 7.55. The molecule has 1 nitrogen and oxygen atoms in total. The molecule has 0 bridgehead atoms. The lowest BCUT2D eigenvalue weighted by Gasteiger charge is -2.18. The highest BCUT2D eigenvalue weighted by molar-refractivity contribution is 7.07. The molecule has 1 unspecified atom stereocenters. The van der Waals surface area contributed by atoms with Gasteiger partial charge in [0.05, 0.1) is 0 Å². The predicted molar refractivity (Wildman–Crippen MR) is 80.2 cm³/mol. The van der Waals surface area contributed by atoms with Crippen LogP contribution in [0.25, 0.3) is 0 Å². The van der Waals surface area contributed by atoms with Gasteiger partial charge in [-0.1, -0.05) is 36.8 Å². The maximum Gasteiger partial charge on any atom is 0.0369 e. The largest absolute Gasteiger partial charge is 0.310 e. The highest BCUT2D eigenvalue weighted by Crippen LogP contribution is 2.21. The summed E-state index contributed by atoms with van der Waals surface area (Å²) in [6.07, 6.45) is 2.24. The third-order valence-electron chi connectivity index (χ3n) is 3.11. The quantitative estimate of drug-likeness (QED) is 0.813. The van der Waals surface area contributed by atoms with Crippen molar-refractivity contribution in [2.24, 2.45) is 0 Å². The van der Waals surface area contributed by atoms with Crippen molar-refractivity contribution in [3.8, 4) is 0 Å². The van der Waals surface area contributed by atoms with E-state index < -0.39 is 0 Å². The minimum absolute atomic E-state index is 0.443. The van der Waals surface area contributed by atoms with Crippen LogP contribution in [0.4, 0.5) is 0 Å². The lowest BCUT2D eigenvalue weighted by Crippen LogP contribution is -2.23. The molecule has 0 saturated heterocycles. The van der Waals surface area contributed by atoms with Gasteiger partial charge in [-0.05, 0) is 54.3 Å². The second kappa shape index (κ2) is 6.72. The number of thiophene rings is 1. The molecule has 0 spiro atoms. The average molecular weight is 259 g/mol. The number of nitrogens with one attached hydrogen (secondary N) is 1. The van der Waals surface area contributed by atoms with Crippen molar-refractivity contribution in [2.75, 3.05) is 6.54 Å². The first-order valence-electron chi connectivity index (χ1n) is 6.60. The SMILES string of the molecule is CCCNC(Cc1cccc(C)c1)c1ccsc1. The molecular weight excluding hydrogens is 238 g/mol. The molecule has 1 atom stereocenters. The topological polar surface area (TPSA) is 12.0 Å². The summed E-state index contributed by atoms with van der Waals surface area (Å²) >= 11 is 1.78. The fourth-order valence-corrected chi connectivity index (χ4v) is 2.89. The Morgan fingerprint density at radius 3 is 2.83 bits per heavy atom. The third-order valence-corrected chi connectivity index (χ3v) is 3.81. The van der Waals surface area contributed by atoms with Gasteiger partial charge in [-0.2, -0.15) is 11.3 Å². The van der Waals surface area contributed by atoms with Crippen LogP contribution in [0.2, 0.25) is 0 Å². The summed E-state index contributed by atoms with van der Waals surface area (Å²) in [6.45, 7) is 5.44. The number of hydrogen-bond donors (Lipinski definition) is 1. The van der Waals surface area contributed by atoms with Gasteiger partial charge in [-0.25, -0.2) is 0 Å². The van der Waals surface area contributed by atoms with Crippen LogP contribution >= 0.6 is 11.3 Å². The van der Waals surface area contributed by atoms with Crippen LogP contribution in [0.5, 0.6) is 0 Å². The molecule has 2 heteroatoms. The van der Waals surface area contributed by atoms with E-state index in [0.717, 1.165) is 13.0 Å². The van der Waals surface area contributed by atoms with Gasteiger partial charge in [-0.15, -0.1) is 0 Å². The third kappa shape index (κ3) is 3.69. The van der Waals surface area contributed by atoms with E-state index in [2.05, 4.69) is 60.3 Å². The van der Waals surface area contributed by atoms with Crippen molar-refractivity contribution < 1.29 is 0 Å². The van der Waals surface area contributed by atoms with Gasteiger partial charge in [0.15, 0.2) is 0 Å². The molecule has 0 radical (unpaired) electrons. The Balaban J connectivity index is 2.10. The minimum atomic E-state index is 0.443. The van der Waals surface area contributed by atoms with Crippen LogP contribution in [0.15, 0.2) is 41.1 Å². The van der Waals surface area contributed by atoms with Crippen molar-refractivity contribution in [3.05, 3.63) is 57.8 Å². The molecule has 1 N–H and O–H groups in total. The normalized spacial score (nSPS) is 12.6. The maximum atomic E-state index is 3.65. The second-order valence-corrected chi connectivity index (χ2v) is 5.54. The van der Waals surface area contributed by atoms with Crippen molar-refractivity contribution >= 4 is 11.3 Å². The summed E-state index contributed by atoms with van der Waals surface area (Å²) in [5.74, 6) is 0. The van der Waals surface area contributed by atoms with Crippen LogP contribution in [-0.2, 0) is 6.42 Å². The molecule has 0 fully saturated rings. The monoisotopic (exact) mass is 259 g/mol. The summed E-state index contributed by atoms with van der Waals surface area (Å²) in [5, 5.41) is 8.06. The summed E-state index contributed by atoms with van der Waals surface area (Å²) in [4.78, 5) is 0. The fourth-order valence-electron chi connectivity index (χ4n) is 2.17. The van der Waals surface area contributed by atoms with E-state index in [1.54, 1.807) is 11.3 Å². The van der Waals surface area contributed by atoms with Gasteiger partial charge >= 0.3 is 0 Å². The lowest BCUT2D eigenvalue weighted by molar-refractivity contribution is 0.530. The average Bonchev–Trinajstić information content (AvgIpc) is 2.88. The summed E-state index contributed by atoms with van der Waals surface area (Å²) in [7, 11) is 0. The van der Waals surface area contributed by atoms with Crippen molar-refractivity contribution in [1.29, 1.82) is 0 Å². The molecule has 96 valence electrons. The van der Waals surface area contributed by atoms with Gasteiger partial charge in [-0.3, -0.25) is 0 Å². The van der Waals surface area contributed by atoms with Gasteiger partial charge in [0.1, 0.15) is 0 Å². The van der Waals surface area contributed by atoms with Crippen LogP contribution in [0.1, 0.15) is 36.1 Å². The zero-order valence-corrected chi connectivity index (χ0v) is 12.0. The van der Waals surface area contributed by atoms with E-state index in [1.165, 1.54) is 23.1 Å². The molecule has 0 amide bonds. The Labute approximate surface area is 114 Å². The van der Waals surface area contributed by atoms with E-state index in [0.29, 0.717) is 6.04 Å². The summed E-state index contributed by atoms with van der Waals surface area (Å²) < 4.78 is 0. The molecule has 18 heavy (non-hydrogen) atoms. The molecule has 2 aromatic rings. The van der Waals surface area contributed by atoms with E-state index in [-0.39, 0.29) is 0 Å². The van der Waals surface area contributed by atoms with E-state index in [4.69, 9.17) is 0 Å². The Hall–Kier alpha value is -1.12. The zero-order valence-electron chi connectivity index (χ0n) is 11.1. The molecule has 0 saturated carbocycles.